The number of rotatable bonds is 4. The molecule has 2 aliphatic heterocycles. The summed E-state index contributed by atoms with van der Waals surface area (Å²) in [5.41, 5.74) is 4.01. The van der Waals surface area contributed by atoms with E-state index in [9.17, 15) is 4.39 Å². The van der Waals surface area contributed by atoms with Gasteiger partial charge in [0.05, 0.1) is 12.2 Å². The highest BCUT2D eigenvalue weighted by Gasteiger charge is 2.19. The van der Waals surface area contributed by atoms with Crippen LogP contribution in [0.3, 0.4) is 0 Å². The molecule has 2 aliphatic rings. The number of aliphatic imine (C=N–C) groups is 1. The monoisotopic (exact) mass is 309 g/mol. The van der Waals surface area contributed by atoms with E-state index in [4.69, 9.17) is 4.99 Å². The van der Waals surface area contributed by atoms with Crippen molar-refractivity contribution in [3.05, 3.63) is 78.1 Å². The molecule has 0 fully saturated rings. The van der Waals surface area contributed by atoms with Gasteiger partial charge >= 0.3 is 0 Å². The number of amidine groups is 1. The van der Waals surface area contributed by atoms with Gasteiger partial charge in [-0.3, -0.25) is 0 Å². The van der Waals surface area contributed by atoms with Gasteiger partial charge in [0.1, 0.15) is 11.7 Å². The molecule has 0 amide bonds. The minimum atomic E-state index is -0.222. The Morgan fingerprint density at radius 3 is 2.65 bits per heavy atom. The van der Waals surface area contributed by atoms with Crippen LogP contribution in [0.4, 0.5) is 10.1 Å². The molecule has 0 saturated heterocycles. The molecule has 1 aromatic rings. The first-order chi connectivity index (χ1) is 11.1. The third kappa shape index (κ3) is 3.26. The van der Waals surface area contributed by atoms with E-state index in [0.717, 1.165) is 29.5 Å². The second-order valence-corrected chi connectivity index (χ2v) is 5.66. The summed E-state index contributed by atoms with van der Waals surface area (Å²) in [7, 11) is 0. The van der Waals surface area contributed by atoms with E-state index in [2.05, 4.69) is 18.4 Å². The van der Waals surface area contributed by atoms with Crippen molar-refractivity contribution < 1.29 is 4.39 Å². The Kier molecular flexibility index (Phi) is 4.15. The zero-order valence-corrected chi connectivity index (χ0v) is 13.5. The number of allylic oxidation sites excluding steroid dienone is 3. The summed E-state index contributed by atoms with van der Waals surface area (Å²) < 4.78 is 13.1. The molecule has 0 atom stereocenters. The highest BCUT2D eigenvalue weighted by atomic mass is 19.1. The fourth-order valence-corrected chi connectivity index (χ4v) is 2.68. The molecule has 0 saturated carbocycles. The standard InChI is InChI=1S/C19H20FN3/c1-4-22(18-8-6-16(20)7-9-18)13-17-11-15(3)23-12-14(2)5-10-19(23)21-17/h5-12H,3-4,13H2,1-2H3. The van der Waals surface area contributed by atoms with E-state index in [1.54, 1.807) is 12.1 Å². The molecule has 4 heteroatoms. The Hall–Kier alpha value is -2.62. The number of hydrogen-bond donors (Lipinski definition) is 0. The lowest BCUT2D eigenvalue weighted by atomic mass is 10.1. The maximum absolute atomic E-state index is 13.1. The van der Waals surface area contributed by atoms with Crippen molar-refractivity contribution in [1.29, 1.82) is 0 Å². The molecule has 2 heterocycles. The minimum Gasteiger partial charge on any atom is -0.366 e. The highest BCUT2D eigenvalue weighted by Crippen LogP contribution is 2.24. The Morgan fingerprint density at radius 1 is 1.22 bits per heavy atom. The summed E-state index contributed by atoms with van der Waals surface area (Å²) in [6, 6.07) is 6.56. The fourth-order valence-electron chi connectivity index (χ4n) is 2.68. The van der Waals surface area contributed by atoms with Crippen LogP contribution in [-0.4, -0.2) is 23.8 Å². The lowest BCUT2D eigenvalue weighted by Gasteiger charge is -2.30. The van der Waals surface area contributed by atoms with Crippen LogP contribution < -0.4 is 4.90 Å². The van der Waals surface area contributed by atoms with Gasteiger partial charge in [0.25, 0.3) is 0 Å². The molecule has 3 rings (SSSR count). The van der Waals surface area contributed by atoms with Gasteiger partial charge in [-0.05, 0) is 55.8 Å². The summed E-state index contributed by atoms with van der Waals surface area (Å²) in [5.74, 6) is 0.661. The number of fused-ring (bicyclic) bond motifs is 1. The molecule has 1 aromatic carbocycles. The second-order valence-electron chi connectivity index (χ2n) is 5.66. The van der Waals surface area contributed by atoms with Gasteiger partial charge in [0, 0.05) is 24.1 Å². The summed E-state index contributed by atoms with van der Waals surface area (Å²) >= 11 is 0. The van der Waals surface area contributed by atoms with Crippen LogP contribution in [-0.2, 0) is 0 Å². The largest absolute Gasteiger partial charge is 0.366 e. The third-order valence-corrected chi connectivity index (χ3v) is 3.90. The first-order valence-electron chi connectivity index (χ1n) is 7.71. The first-order valence-corrected chi connectivity index (χ1v) is 7.71. The van der Waals surface area contributed by atoms with E-state index in [0.29, 0.717) is 6.54 Å². The number of hydrogen-bond acceptors (Lipinski definition) is 3. The predicted octanol–water partition coefficient (Wildman–Crippen LogP) is 4.24. The van der Waals surface area contributed by atoms with E-state index < -0.39 is 0 Å². The molecule has 0 aliphatic carbocycles. The summed E-state index contributed by atoms with van der Waals surface area (Å²) in [6.45, 7) is 9.73. The van der Waals surface area contributed by atoms with Crippen LogP contribution in [0.5, 0.6) is 0 Å². The van der Waals surface area contributed by atoms with Crippen LogP contribution in [0.1, 0.15) is 13.8 Å². The van der Waals surface area contributed by atoms with Gasteiger partial charge in [0.15, 0.2) is 0 Å². The van der Waals surface area contributed by atoms with Crippen molar-refractivity contribution in [2.24, 2.45) is 4.99 Å². The summed E-state index contributed by atoms with van der Waals surface area (Å²) in [6.07, 6.45) is 8.08. The topological polar surface area (TPSA) is 18.8 Å². The molecule has 0 bridgehead atoms. The number of benzene rings is 1. The van der Waals surface area contributed by atoms with Crippen LogP contribution in [0.15, 0.2) is 77.2 Å². The third-order valence-electron chi connectivity index (χ3n) is 3.90. The smallest absolute Gasteiger partial charge is 0.137 e. The highest BCUT2D eigenvalue weighted by molar-refractivity contribution is 5.98. The molecule has 0 spiro atoms. The Labute approximate surface area is 136 Å². The quantitative estimate of drug-likeness (QED) is 0.828. The lowest BCUT2D eigenvalue weighted by Crippen LogP contribution is -2.31. The maximum Gasteiger partial charge on any atom is 0.137 e. The zero-order chi connectivity index (χ0) is 16.4. The molecule has 23 heavy (non-hydrogen) atoms. The molecule has 3 nitrogen and oxygen atoms in total. The SMILES string of the molecule is C=C1C=C(CN(CC)c2ccc(F)cc2)N=C2C=CC(C)=CN12. The normalized spacial score (nSPS) is 16.6. The predicted molar refractivity (Wildman–Crippen MR) is 93.7 cm³/mol. The van der Waals surface area contributed by atoms with Crippen molar-refractivity contribution in [2.45, 2.75) is 13.8 Å². The number of likely N-dealkylation sites (N-methyl/N-ethyl adjacent to an activating group) is 1. The second kappa shape index (κ2) is 6.24. The van der Waals surface area contributed by atoms with Crippen LogP contribution in [0.25, 0.3) is 0 Å². The fraction of sp³-hybridized carbons (Fsp3) is 0.211. The van der Waals surface area contributed by atoms with E-state index in [1.165, 1.54) is 17.7 Å². The average molecular weight is 309 g/mol. The van der Waals surface area contributed by atoms with E-state index >= 15 is 0 Å². The zero-order valence-electron chi connectivity index (χ0n) is 13.5. The molecule has 0 N–H and O–H groups in total. The summed E-state index contributed by atoms with van der Waals surface area (Å²) in [5, 5.41) is 0. The first kappa shape index (κ1) is 15.3. The number of halogens is 1. The van der Waals surface area contributed by atoms with E-state index in [-0.39, 0.29) is 5.82 Å². The van der Waals surface area contributed by atoms with Crippen LogP contribution in [0, 0.1) is 5.82 Å². The summed E-state index contributed by atoms with van der Waals surface area (Å²) in [4.78, 5) is 8.87. The van der Waals surface area contributed by atoms with Crippen molar-refractivity contribution >= 4 is 11.5 Å². The van der Waals surface area contributed by atoms with Gasteiger partial charge in [-0.25, -0.2) is 9.38 Å². The molecule has 0 aromatic heterocycles. The van der Waals surface area contributed by atoms with Crippen molar-refractivity contribution in [2.75, 3.05) is 18.0 Å². The van der Waals surface area contributed by atoms with Gasteiger partial charge in [-0.1, -0.05) is 12.7 Å². The van der Waals surface area contributed by atoms with Crippen molar-refractivity contribution in [1.82, 2.24) is 4.90 Å². The van der Waals surface area contributed by atoms with Gasteiger partial charge in [0.2, 0.25) is 0 Å². The van der Waals surface area contributed by atoms with Gasteiger partial charge < -0.3 is 9.80 Å². The van der Waals surface area contributed by atoms with Gasteiger partial charge in [-0.15, -0.1) is 0 Å². The molecule has 0 radical (unpaired) electrons. The van der Waals surface area contributed by atoms with E-state index in [1.807, 2.05) is 36.3 Å². The molecule has 0 unspecified atom stereocenters. The maximum atomic E-state index is 13.1. The Balaban J connectivity index is 1.81. The number of anilines is 1. The van der Waals surface area contributed by atoms with Crippen LogP contribution >= 0.6 is 0 Å². The van der Waals surface area contributed by atoms with Crippen LogP contribution in [0.2, 0.25) is 0 Å². The average Bonchev–Trinajstić information content (AvgIpc) is 2.54. The molecular weight excluding hydrogens is 289 g/mol. The Morgan fingerprint density at radius 2 is 1.96 bits per heavy atom. The lowest BCUT2D eigenvalue weighted by molar-refractivity contribution is 0.627. The molecular formula is C19H20FN3. The van der Waals surface area contributed by atoms with Crippen molar-refractivity contribution in [3.8, 4) is 0 Å². The minimum absolute atomic E-state index is 0.222. The number of nitrogens with zero attached hydrogens (tertiary/aromatic N) is 3. The Bertz CT molecular complexity index is 738. The van der Waals surface area contributed by atoms with Crippen molar-refractivity contribution in [3.63, 3.8) is 0 Å². The molecule has 118 valence electrons. The van der Waals surface area contributed by atoms with Gasteiger partial charge in [-0.2, -0.15) is 0 Å².